The van der Waals surface area contributed by atoms with Crippen LogP contribution in [0.25, 0.3) is 0 Å². The minimum atomic E-state index is -3.85. The molecule has 1 aromatic carbocycles. The van der Waals surface area contributed by atoms with Crippen molar-refractivity contribution < 1.29 is 17.9 Å². The lowest BCUT2D eigenvalue weighted by atomic mass is 10.1. The van der Waals surface area contributed by atoms with E-state index in [1.54, 1.807) is 24.3 Å². The molecule has 8 heteroatoms. The molecular formula is C17H23N3O4S. The molecule has 0 fully saturated rings. The molecule has 0 saturated carbocycles. The third-order valence-electron chi connectivity index (χ3n) is 3.18. The van der Waals surface area contributed by atoms with Crippen LogP contribution in [0.2, 0.25) is 0 Å². The Morgan fingerprint density at radius 3 is 2.28 bits per heavy atom. The maximum atomic E-state index is 12.7. The molecule has 0 unspecified atom stereocenters. The van der Waals surface area contributed by atoms with E-state index in [0.29, 0.717) is 17.3 Å². The predicted molar refractivity (Wildman–Crippen MR) is 98.0 cm³/mol. The Morgan fingerprint density at radius 1 is 1.04 bits per heavy atom. The number of sulfonamides is 1. The lowest BCUT2D eigenvalue weighted by Crippen LogP contribution is -2.26. The molecule has 136 valence electrons. The number of benzene rings is 1. The normalized spacial score (nSPS) is 11.7. The summed E-state index contributed by atoms with van der Waals surface area (Å²) < 4.78 is 38.1. The zero-order valence-corrected chi connectivity index (χ0v) is 15.8. The molecule has 0 radical (unpaired) electrons. The Morgan fingerprint density at radius 2 is 1.76 bits per heavy atom. The second-order valence-electron chi connectivity index (χ2n) is 6.43. The number of anilines is 2. The third kappa shape index (κ3) is 4.99. The van der Waals surface area contributed by atoms with Gasteiger partial charge in [0.25, 0.3) is 10.0 Å². The molecule has 0 bridgehead atoms. The van der Waals surface area contributed by atoms with E-state index in [-0.39, 0.29) is 16.2 Å². The maximum absolute atomic E-state index is 12.7. The summed E-state index contributed by atoms with van der Waals surface area (Å²) in [6.07, 6.45) is 1.46. The molecule has 0 aliphatic heterocycles. The molecule has 0 aliphatic carbocycles. The van der Waals surface area contributed by atoms with Crippen molar-refractivity contribution >= 4 is 21.5 Å². The van der Waals surface area contributed by atoms with Crippen LogP contribution in [0.4, 0.5) is 11.5 Å². The molecule has 0 atom stereocenters. The van der Waals surface area contributed by atoms with Crippen LogP contribution in [-0.4, -0.2) is 33.2 Å². The molecule has 2 aromatic rings. The molecule has 0 aliphatic rings. The van der Waals surface area contributed by atoms with Gasteiger partial charge in [-0.1, -0.05) is 0 Å². The van der Waals surface area contributed by atoms with E-state index in [0.717, 1.165) is 0 Å². The van der Waals surface area contributed by atoms with Gasteiger partial charge in [-0.05, 0) is 45.0 Å². The highest BCUT2D eigenvalue weighted by molar-refractivity contribution is 7.92. The highest BCUT2D eigenvalue weighted by atomic mass is 32.2. The monoisotopic (exact) mass is 365 g/mol. The smallest absolute Gasteiger partial charge is 0.265 e. The van der Waals surface area contributed by atoms with Crippen LogP contribution < -0.4 is 19.5 Å². The summed E-state index contributed by atoms with van der Waals surface area (Å²) in [6.45, 7) is 6.04. The van der Waals surface area contributed by atoms with Crippen molar-refractivity contribution in [2.75, 3.05) is 24.3 Å². The summed E-state index contributed by atoms with van der Waals surface area (Å²) in [5.41, 5.74) is 0.214. The van der Waals surface area contributed by atoms with Crippen LogP contribution in [0.3, 0.4) is 0 Å². The quantitative estimate of drug-likeness (QED) is 0.817. The van der Waals surface area contributed by atoms with Gasteiger partial charge in [-0.15, -0.1) is 0 Å². The van der Waals surface area contributed by atoms with E-state index in [2.05, 4.69) is 15.0 Å². The second-order valence-corrected chi connectivity index (χ2v) is 8.08. The van der Waals surface area contributed by atoms with E-state index < -0.39 is 10.0 Å². The Balaban J connectivity index is 2.27. The number of hydrogen-bond donors (Lipinski definition) is 2. The van der Waals surface area contributed by atoms with Crippen molar-refractivity contribution in [2.24, 2.45) is 0 Å². The number of rotatable bonds is 6. The van der Waals surface area contributed by atoms with Gasteiger partial charge in [-0.25, -0.2) is 13.4 Å². The first-order valence-electron chi connectivity index (χ1n) is 7.64. The summed E-state index contributed by atoms with van der Waals surface area (Å²) in [6, 6.07) is 7.94. The van der Waals surface area contributed by atoms with Crippen LogP contribution in [0.1, 0.15) is 20.8 Å². The fourth-order valence-corrected chi connectivity index (χ4v) is 3.35. The van der Waals surface area contributed by atoms with E-state index in [1.165, 1.54) is 26.5 Å². The number of nitrogens with one attached hydrogen (secondary N) is 2. The van der Waals surface area contributed by atoms with E-state index in [1.807, 2.05) is 20.8 Å². The van der Waals surface area contributed by atoms with E-state index in [4.69, 9.17) is 9.47 Å². The van der Waals surface area contributed by atoms with Crippen LogP contribution in [0, 0.1) is 0 Å². The van der Waals surface area contributed by atoms with Crippen molar-refractivity contribution in [1.82, 2.24) is 4.98 Å². The molecule has 2 N–H and O–H groups in total. The topological polar surface area (TPSA) is 89.5 Å². The zero-order valence-electron chi connectivity index (χ0n) is 15.0. The van der Waals surface area contributed by atoms with Crippen LogP contribution >= 0.6 is 0 Å². The Labute approximate surface area is 148 Å². The first kappa shape index (κ1) is 18.9. The average molecular weight is 365 g/mol. The van der Waals surface area contributed by atoms with E-state index >= 15 is 0 Å². The number of methoxy groups -OCH3 is 2. The molecule has 0 amide bonds. The number of hydrogen-bond acceptors (Lipinski definition) is 6. The van der Waals surface area contributed by atoms with Gasteiger partial charge in [0, 0.05) is 11.6 Å². The summed E-state index contributed by atoms with van der Waals surface area (Å²) in [7, 11) is -0.971. The predicted octanol–water partition coefficient (Wildman–Crippen LogP) is 3.11. The van der Waals surface area contributed by atoms with Crippen molar-refractivity contribution in [3.05, 3.63) is 36.5 Å². The number of nitrogens with zero attached hydrogens (tertiary/aromatic N) is 1. The minimum absolute atomic E-state index is 0.00811. The lowest BCUT2D eigenvalue weighted by Gasteiger charge is -2.21. The maximum Gasteiger partial charge on any atom is 0.265 e. The average Bonchev–Trinajstić information content (AvgIpc) is 2.54. The fourth-order valence-electron chi connectivity index (χ4n) is 2.12. The second kappa shape index (κ2) is 7.18. The summed E-state index contributed by atoms with van der Waals surface area (Å²) >= 11 is 0. The molecule has 7 nitrogen and oxygen atoms in total. The molecular weight excluding hydrogens is 342 g/mol. The molecule has 1 heterocycles. The number of ether oxygens (including phenoxy) is 2. The van der Waals surface area contributed by atoms with Crippen LogP contribution in [-0.2, 0) is 10.0 Å². The number of aromatic nitrogens is 1. The van der Waals surface area contributed by atoms with Crippen molar-refractivity contribution in [2.45, 2.75) is 31.2 Å². The van der Waals surface area contributed by atoms with Gasteiger partial charge >= 0.3 is 0 Å². The Hall–Kier alpha value is -2.48. The standard InChI is InChI=1S/C17H23N3O4S/c1-17(2,3)19-16-9-6-12(11-18-16)20-25(21,22)15-10-13(23-4)7-8-14(15)24-5/h6-11,20H,1-5H3,(H,18,19). The van der Waals surface area contributed by atoms with Gasteiger partial charge in [0.2, 0.25) is 0 Å². The van der Waals surface area contributed by atoms with Crippen LogP contribution in [0.15, 0.2) is 41.4 Å². The molecule has 2 rings (SSSR count). The summed E-state index contributed by atoms with van der Waals surface area (Å²) in [5.74, 6) is 1.31. The first-order chi connectivity index (χ1) is 11.6. The molecule has 0 saturated heterocycles. The zero-order chi connectivity index (χ0) is 18.7. The first-order valence-corrected chi connectivity index (χ1v) is 9.12. The van der Waals surface area contributed by atoms with Crippen molar-refractivity contribution in [3.8, 4) is 11.5 Å². The highest BCUT2D eigenvalue weighted by Gasteiger charge is 2.21. The third-order valence-corrected chi connectivity index (χ3v) is 4.58. The van der Waals surface area contributed by atoms with Gasteiger partial charge in [-0.2, -0.15) is 0 Å². The molecule has 1 aromatic heterocycles. The van der Waals surface area contributed by atoms with Crippen molar-refractivity contribution in [1.29, 1.82) is 0 Å². The fraction of sp³-hybridized carbons (Fsp3) is 0.353. The highest BCUT2D eigenvalue weighted by Crippen LogP contribution is 2.29. The van der Waals surface area contributed by atoms with Crippen LogP contribution in [0.5, 0.6) is 11.5 Å². The SMILES string of the molecule is COc1ccc(OC)c(S(=O)(=O)Nc2ccc(NC(C)(C)C)nc2)c1. The lowest BCUT2D eigenvalue weighted by molar-refractivity contribution is 0.392. The van der Waals surface area contributed by atoms with Gasteiger partial charge in [0.15, 0.2) is 0 Å². The largest absolute Gasteiger partial charge is 0.497 e. The van der Waals surface area contributed by atoms with Crippen molar-refractivity contribution in [3.63, 3.8) is 0 Å². The molecule has 0 spiro atoms. The summed E-state index contributed by atoms with van der Waals surface area (Å²) in [4.78, 5) is 4.22. The van der Waals surface area contributed by atoms with Gasteiger partial charge in [0.05, 0.1) is 26.1 Å². The van der Waals surface area contributed by atoms with Gasteiger partial charge in [0.1, 0.15) is 22.2 Å². The van der Waals surface area contributed by atoms with Gasteiger partial charge < -0.3 is 14.8 Å². The summed E-state index contributed by atoms with van der Waals surface area (Å²) in [5, 5.41) is 3.21. The van der Waals surface area contributed by atoms with E-state index in [9.17, 15) is 8.42 Å². The molecule has 25 heavy (non-hydrogen) atoms. The number of pyridine rings is 1. The minimum Gasteiger partial charge on any atom is -0.497 e. The Bertz CT molecular complexity index is 828. The van der Waals surface area contributed by atoms with Gasteiger partial charge in [-0.3, -0.25) is 4.72 Å². The Kier molecular flexibility index (Phi) is 5.42.